The molecule has 0 saturated carbocycles. The Labute approximate surface area is 231 Å². The molecule has 1 fully saturated rings. The number of carbonyl (C=O) groups is 2. The number of aryl methyl sites for hydroxylation is 1. The van der Waals surface area contributed by atoms with Crippen molar-refractivity contribution in [3.63, 3.8) is 0 Å². The van der Waals surface area contributed by atoms with Crippen LogP contribution in [0.5, 0.6) is 5.75 Å². The number of piperazine rings is 1. The van der Waals surface area contributed by atoms with E-state index in [1.807, 2.05) is 17.0 Å². The summed E-state index contributed by atoms with van der Waals surface area (Å²) in [7, 11) is 1.59. The summed E-state index contributed by atoms with van der Waals surface area (Å²) in [5.41, 5.74) is 3.45. The minimum absolute atomic E-state index is 0.0734. The van der Waals surface area contributed by atoms with Gasteiger partial charge in [-0.3, -0.25) is 14.5 Å². The topological polar surface area (TPSA) is 53.1 Å². The molecule has 6 nitrogen and oxygen atoms in total. The Hall–Kier alpha value is -3.71. The molecular formula is C32H38FN3O3. The molecule has 0 spiro atoms. The monoisotopic (exact) mass is 531 g/mol. The van der Waals surface area contributed by atoms with Crippen molar-refractivity contribution < 1.29 is 18.7 Å². The molecule has 0 atom stereocenters. The van der Waals surface area contributed by atoms with Crippen molar-refractivity contribution >= 4 is 11.8 Å². The first-order valence-electron chi connectivity index (χ1n) is 13.7. The SMILES string of the molecule is CCCCc1ccc(C(=O)N2CCN(CCN(Cc3ccc(F)cc3)C(=O)c3ccc(OC)cc3)CC2)cc1. The summed E-state index contributed by atoms with van der Waals surface area (Å²) in [6, 6.07) is 21.4. The molecule has 1 aliphatic rings. The number of halogens is 1. The van der Waals surface area contributed by atoms with Crippen LogP contribution in [-0.2, 0) is 13.0 Å². The van der Waals surface area contributed by atoms with Gasteiger partial charge in [0, 0.05) is 56.9 Å². The van der Waals surface area contributed by atoms with Crippen molar-refractivity contribution in [2.45, 2.75) is 32.7 Å². The first kappa shape index (κ1) is 28.3. The Morgan fingerprint density at radius 1 is 0.846 bits per heavy atom. The minimum atomic E-state index is -0.299. The highest BCUT2D eigenvalue weighted by Crippen LogP contribution is 2.17. The summed E-state index contributed by atoms with van der Waals surface area (Å²) in [5.74, 6) is 0.380. The quantitative estimate of drug-likeness (QED) is 0.338. The first-order chi connectivity index (χ1) is 19.0. The molecule has 0 bridgehead atoms. The predicted molar refractivity (Wildman–Crippen MR) is 152 cm³/mol. The normalized spacial score (nSPS) is 13.8. The Morgan fingerprint density at radius 3 is 2.08 bits per heavy atom. The van der Waals surface area contributed by atoms with E-state index in [4.69, 9.17) is 4.74 Å². The van der Waals surface area contributed by atoms with Crippen molar-refractivity contribution in [2.75, 3.05) is 46.4 Å². The number of ether oxygens (including phenoxy) is 1. The van der Waals surface area contributed by atoms with Crippen molar-refractivity contribution in [3.8, 4) is 5.75 Å². The molecule has 39 heavy (non-hydrogen) atoms. The fraction of sp³-hybridized carbons (Fsp3) is 0.375. The van der Waals surface area contributed by atoms with E-state index in [0.29, 0.717) is 44.0 Å². The number of hydrogen-bond donors (Lipinski definition) is 0. The van der Waals surface area contributed by atoms with Crippen LogP contribution in [0.3, 0.4) is 0 Å². The lowest BCUT2D eigenvalue weighted by Gasteiger charge is -2.36. The molecule has 0 N–H and O–H groups in total. The van der Waals surface area contributed by atoms with E-state index in [-0.39, 0.29) is 17.6 Å². The van der Waals surface area contributed by atoms with E-state index in [1.165, 1.54) is 17.7 Å². The molecule has 0 aromatic heterocycles. The molecule has 206 valence electrons. The summed E-state index contributed by atoms with van der Waals surface area (Å²) >= 11 is 0. The molecule has 1 saturated heterocycles. The van der Waals surface area contributed by atoms with E-state index in [0.717, 1.165) is 43.5 Å². The van der Waals surface area contributed by atoms with Gasteiger partial charge in [-0.25, -0.2) is 4.39 Å². The van der Waals surface area contributed by atoms with Crippen LogP contribution in [0.1, 0.15) is 51.6 Å². The van der Waals surface area contributed by atoms with Crippen LogP contribution in [0.4, 0.5) is 4.39 Å². The van der Waals surface area contributed by atoms with Gasteiger partial charge in [0.05, 0.1) is 7.11 Å². The molecule has 3 aromatic carbocycles. The zero-order chi connectivity index (χ0) is 27.6. The average Bonchev–Trinajstić information content (AvgIpc) is 2.99. The Bertz CT molecular complexity index is 1200. The van der Waals surface area contributed by atoms with Crippen LogP contribution in [0, 0.1) is 5.82 Å². The first-order valence-corrected chi connectivity index (χ1v) is 13.7. The second-order valence-electron chi connectivity index (χ2n) is 10.0. The Kier molecular flexibility index (Phi) is 10.1. The van der Waals surface area contributed by atoms with Gasteiger partial charge in [-0.1, -0.05) is 37.6 Å². The molecule has 0 aliphatic carbocycles. The maximum atomic E-state index is 13.4. The number of carbonyl (C=O) groups excluding carboxylic acids is 2. The summed E-state index contributed by atoms with van der Waals surface area (Å²) in [4.78, 5) is 32.4. The maximum absolute atomic E-state index is 13.4. The smallest absolute Gasteiger partial charge is 0.254 e. The van der Waals surface area contributed by atoms with Gasteiger partial charge in [-0.15, -0.1) is 0 Å². The molecule has 4 rings (SSSR count). The van der Waals surface area contributed by atoms with Gasteiger partial charge in [0.2, 0.25) is 0 Å². The largest absolute Gasteiger partial charge is 0.497 e. The third-order valence-electron chi connectivity index (χ3n) is 7.28. The number of hydrogen-bond acceptors (Lipinski definition) is 4. The number of rotatable bonds is 11. The van der Waals surface area contributed by atoms with Gasteiger partial charge >= 0.3 is 0 Å². The third kappa shape index (κ3) is 7.90. The van der Waals surface area contributed by atoms with E-state index in [2.05, 4.69) is 24.0 Å². The van der Waals surface area contributed by atoms with Crippen LogP contribution in [0.15, 0.2) is 72.8 Å². The van der Waals surface area contributed by atoms with Crippen molar-refractivity contribution in [1.82, 2.24) is 14.7 Å². The second-order valence-corrected chi connectivity index (χ2v) is 10.0. The van der Waals surface area contributed by atoms with Gasteiger partial charge in [-0.05, 0) is 72.5 Å². The van der Waals surface area contributed by atoms with Gasteiger partial charge in [0.15, 0.2) is 0 Å². The average molecular weight is 532 g/mol. The van der Waals surface area contributed by atoms with Gasteiger partial charge in [-0.2, -0.15) is 0 Å². The van der Waals surface area contributed by atoms with Crippen molar-refractivity contribution in [3.05, 3.63) is 101 Å². The highest BCUT2D eigenvalue weighted by atomic mass is 19.1. The molecule has 0 radical (unpaired) electrons. The van der Waals surface area contributed by atoms with Crippen LogP contribution < -0.4 is 4.74 Å². The molecule has 2 amide bonds. The van der Waals surface area contributed by atoms with Crippen LogP contribution in [0.25, 0.3) is 0 Å². The van der Waals surface area contributed by atoms with Crippen molar-refractivity contribution in [2.24, 2.45) is 0 Å². The van der Waals surface area contributed by atoms with Crippen LogP contribution >= 0.6 is 0 Å². The second kappa shape index (κ2) is 13.9. The number of benzene rings is 3. The molecule has 7 heteroatoms. The zero-order valence-corrected chi connectivity index (χ0v) is 22.9. The molecule has 1 heterocycles. The predicted octanol–water partition coefficient (Wildman–Crippen LogP) is 5.28. The lowest BCUT2D eigenvalue weighted by Crippen LogP contribution is -2.50. The summed E-state index contributed by atoms with van der Waals surface area (Å²) in [6.45, 7) is 6.59. The highest BCUT2D eigenvalue weighted by molar-refractivity contribution is 5.95. The van der Waals surface area contributed by atoms with Gasteiger partial charge in [0.1, 0.15) is 11.6 Å². The molecular weight excluding hydrogens is 493 g/mol. The van der Waals surface area contributed by atoms with E-state index >= 15 is 0 Å². The number of unbranched alkanes of at least 4 members (excludes halogenated alkanes) is 1. The standard InChI is InChI=1S/C32H38FN3O3/c1-3-4-5-25-6-10-27(11-7-25)31(37)35-21-18-34(19-22-35)20-23-36(24-26-8-14-29(33)15-9-26)32(38)28-12-16-30(39-2)17-13-28/h6-17H,3-5,18-24H2,1-2H3. The maximum Gasteiger partial charge on any atom is 0.254 e. The lowest BCUT2D eigenvalue weighted by atomic mass is 10.1. The Balaban J connectivity index is 1.34. The van der Waals surface area contributed by atoms with Crippen LogP contribution in [-0.4, -0.2) is 72.9 Å². The van der Waals surface area contributed by atoms with E-state index < -0.39 is 0 Å². The summed E-state index contributed by atoms with van der Waals surface area (Å²) < 4.78 is 18.7. The minimum Gasteiger partial charge on any atom is -0.497 e. The fourth-order valence-corrected chi connectivity index (χ4v) is 4.79. The Morgan fingerprint density at radius 2 is 1.46 bits per heavy atom. The molecule has 3 aromatic rings. The van der Waals surface area contributed by atoms with Crippen LogP contribution in [0.2, 0.25) is 0 Å². The summed E-state index contributed by atoms with van der Waals surface area (Å²) in [5, 5.41) is 0. The zero-order valence-electron chi connectivity index (χ0n) is 22.9. The van der Waals surface area contributed by atoms with E-state index in [9.17, 15) is 14.0 Å². The van der Waals surface area contributed by atoms with E-state index in [1.54, 1.807) is 48.4 Å². The lowest BCUT2D eigenvalue weighted by molar-refractivity contribution is 0.0598. The third-order valence-corrected chi connectivity index (χ3v) is 7.28. The van der Waals surface area contributed by atoms with Gasteiger partial charge < -0.3 is 14.5 Å². The van der Waals surface area contributed by atoms with Crippen molar-refractivity contribution in [1.29, 1.82) is 0 Å². The summed E-state index contributed by atoms with van der Waals surface area (Å²) in [6.07, 6.45) is 3.36. The number of nitrogens with zero attached hydrogens (tertiary/aromatic N) is 3. The van der Waals surface area contributed by atoms with Gasteiger partial charge in [0.25, 0.3) is 11.8 Å². The molecule has 0 unspecified atom stereocenters. The fourth-order valence-electron chi connectivity index (χ4n) is 4.79. The highest BCUT2D eigenvalue weighted by Gasteiger charge is 2.24. The molecule has 1 aliphatic heterocycles. The number of methoxy groups -OCH3 is 1. The number of amides is 2.